The highest BCUT2D eigenvalue weighted by atomic mass is 16.5. The second-order valence-corrected chi connectivity index (χ2v) is 8.75. The summed E-state index contributed by atoms with van der Waals surface area (Å²) < 4.78 is 5.75. The number of benzene rings is 3. The monoisotopic (exact) mass is 478 g/mol. The Bertz CT molecular complexity index is 1490. The zero-order chi connectivity index (χ0) is 25.2. The molecule has 1 fully saturated rings. The Morgan fingerprint density at radius 1 is 1.00 bits per heavy atom. The highest BCUT2D eigenvalue weighted by Gasteiger charge is 2.48. The van der Waals surface area contributed by atoms with Crippen molar-refractivity contribution in [3.63, 3.8) is 0 Å². The van der Waals surface area contributed by atoms with Crippen LogP contribution in [0, 0.1) is 6.92 Å². The van der Waals surface area contributed by atoms with Gasteiger partial charge in [-0.3, -0.25) is 19.5 Å². The van der Waals surface area contributed by atoms with E-state index in [1.807, 2.05) is 56.3 Å². The molecule has 3 aromatic carbocycles. The van der Waals surface area contributed by atoms with Crippen molar-refractivity contribution in [2.24, 2.45) is 0 Å². The number of ketones is 1. The number of fused-ring (bicyclic) bond motifs is 1. The van der Waals surface area contributed by atoms with Gasteiger partial charge in [0, 0.05) is 17.1 Å². The van der Waals surface area contributed by atoms with Gasteiger partial charge < -0.3 is 9.84 Å². The van der Waals surface area contributed by atoms with Crippen LogP contribution in [0.4, 0.5) is 5.69 Å². The van der Waals surface area contributed by atoms with E-state index in [0.717, 1.165) is 22.8 Å². The van der Waals surface area contributed by atoms with Crippen LogP contribution < -0.4 is 9.64 Å². The minimum Gasteiger partial charge on any atom is -0.507 e. The zero-order valence-corrected chi connectivity index (χ0v) is 20.1. The lowest BCUT2D eigenvalue weighted by Crippen LogP contribution is -2.30. The number of amides is 1. The number of rotatable bonds is 6. The number of aliphatic hydroxyl groups excluding tert-OH is 1. The molecule has 0 radical (unpaired) electrons. The molecule has 6 nitrogen and oxygen atoms in total. The Hall–Kier alpha value is -4.45. The number of carbonyl (C=O) groups excluding carboxylic acids is 2. The summed E-state index contributed by atoms with van der Waals surface area (Å²) in [6.45, 7) is 4.50. The number of ether oxygens (including phenoxy) is 1. The van der Waals surface area contributed by atoms with Crippen molar-refractivity contribution in [1.82, 2.24) is 4.98 Å². The van der Waals surface area contributed by atoms with E-state index < -0.39 is 17.7 Å². The van der Waals surface area contributed by atoms with Crippen molar-refractivity contribution in [3.05, 3.63) is 107 Å². The number of carbonyl (C=O) groups is 2. The first-order valence-electron chi connectivity index (χ1n) is 11.9. The molecular weight excluding hydrogens is 452 g/mol. The number of anilines is 1. The number of aliphatic hydroxyl groups is 1. The number of hydrogen-bond acceptors (Lipinski definition) is 5. The molecule has 1 atom stereocenters. The van der Waals surface area contributed by atoms with Gasteiger partial charge in [0.25, 0.3) is 11.7 Å². The largest absolute Gasteiger partial charge is 0.507 e. The maximum atomic E-state index is 13.5. The number of nitrogens with zero attached hydrogens (tertiary/aromatic N) is 2. The Kier molecular flexibility index (Phi) is 6.25. The maximum absolute atomic E-state index is 13.5. The molecule has 6 heteroatoms. The lowest BCUT2D eigenvalue weighted by molar-refractivity contribution is -0.132. The summed E-state index contributed by atoms with van der Waals surface area (Å²) in [5.41, 5.74) is 2.35. The third-order valence-electron chi connectivity index (χ3n) is 6.35. The fourth-order valence-corrected chi connectivity index (χ4v) is 4.64. The number of aryl methyl sites for hydroxylation is 1. The summed E-state index contributed by atoms with van der Waals surface area (Å²) in [7, 11) is 0. The minimum atomic E-state index is -0.881. The van der Waals surface area contributed by atoms with Crippen LogP contribution in [0.5, 0.6) is 5.75 Å². The van der Waals surface area contributed by atoms with Crippen LogP contribution in [0.1, 0.15) is 36.2 Å². The third-order valence-corrected chi connectivity index (χ3v) is 6.35. The number of Topliss-reactive ketones (excluding diaryl/α,β-unsaturated/α-hetero) is 1. The van der Waals surface area contributed by atoms with Gasteiger partial charge >= 0.3 is 0 Å². The number of hydrogen-bond donors (Lipinski definition) is 1. The van der Waals surface area contributed by atoms with Crippen LogP contribution in [-0.2, 0) is 9.59 Å². The van der Waals surface area contributed by atoms with Gasteiger partial charge in [-0.2, -0.15) is 0 Å². The van der Waals surface area contributed by atoms with Gasteiger partial charge in [-0.05, 0) is 60.7 Å². The van der Waals surface area contributed by atoms with Crippen LogP contribution >= 0.6 is 0 Å². The van der Waals surface area contributed by atoms with Crippen molar-refractivity contribution < 1.29 is 19.4 Å². The van der Waals surface area contributed by atoms with Crippen LogP contribution in [0.25, 0.3) is 16.5 Å². The van der Waals surface area contributed by atoms with Crippen LogP contribution in [0.2, 0.25) is 0 Å². The minimum absolute atomic E-state index is 0.00765. The van der Waals surface area contributed by atoms with Gasteiger partial charge in [0.05, 0.1) is 23.6 Å². The lowest BCUT2D eigenvalue weighted by atomic mass is 9.97. The predicted octanol–water partition coefficient (Wildman–Crippen LogP) is 5.96. The van der Waals surface area contributed by atoms with E-state index in [1.165, 1.54) is 4.90 Å². The van der Waals surface area contributed by atoms with Gasteiger partial charge in [-0.25, -0.2) is 0 Å². The molecule has 180 valence electrons. The quantitative estimate of drug-likeness (QED) is 0.210. The summed E-state index contributed by atoms with van der Waals surface area (Å²) in [6.07, 6.45) is 2.49. The van der Waals surface area contributed by atoms with Gasteiger partial charge in [0.2, 0.25) is 0 Å². The Morgan fingerprint density at radius 2 is 1.78 bits per heavy atom. The molecule has 1 saturated heterocycles. The smallest absolute Gasteiger partial charge is 0.300 e. The fraction of sp³-hybridized carbons (Fsp3) is 0.167. The standard InChI is InChI=1S/C30H26N2O4/c1-3-17-36-25-15-14-21(18-19(25)2)28(33)26-27(23-12-6-7-16-31-23)32(30(35)29(26)34)24-13-8-10-20-9-4-5-11-22(20)24/h4-16,18,27,33H,3,17H2,1-2H3/b28-26+. The fourth-order valence-electron chi connectivity index (χ4n) is 4.64. The highest BCUT2D eigenvalue weighted by molar-refractivity contribution is 6.52. The molecule has 2 heterocycles. The molecule has 4 aromatic rings. The molecule has 36 heavy (non-hydrogen) atoms. The molecule has 1 amide bonds. The first-order valence-corrected chi connectivity index (χ1v) is 11.9. The average molecular weight is 479 g/mol. The van der Waals surface area contributed by atoms with Crippen LogP contribution in [-0.4, -0.2) is 28.4 Å². The summed E-state index contributed by atoms with van der Waals surface area (Å²) in [4.78, 5) is 32.9. The molecule has 1 aliphatic heterocycles. The average Bonchev–Trinajstić information content (AvgIpc) is 3.17. The molecule has 0 spiro atoms. The van der Waals surface area contributed by atoms with Crippen LogP contribution in [0.15, 0.2) is 90.6 Å². The Labute approximate surface area is 209 Å². The second-order valence-electron chi connectivity index (χ2n) is 8.75. The predicted molar refractivity (Wildman–Crippen MR) is 140 cm³/mol. The van der Waals surface area contributed by atoms with E-state index in [0.29, 0.717) is 29.3 Å². The maximum Gasteiger partial charge on any atom is 0.300 e. The number of aromatic nitrogens is 1. The van der Waals surface area contributed by atoms with E-state index in [2.05, 4.69) is 4.98 Å². The molecule has 0 bridgehead atoms. The summed E-state index contributed by atoms with van der Waals surface area (Å²) >= 11 is 0. The first-order chi connectivity index (χ1) is 17.5. The van der Waals surface area contributed by atoms with Crippen molar-refractivity contribution in [1.29, 1.82) is 0 Å². The molecule has 0 aliphatic carbocycles. The second kappa shape index (κ2) is 9.66. The van der Waals surface area contributed by atoms with E-state index in [9.17, 15) is 14.7 Å². The molecule has 1 aromatic heterocycles. The molecule has 5 rings (SSSR count). The molecule has 1 aliphatic rings. The molecule has 1 unspecified atom stereocenters. The first kappa shape index (κ1) is 23.3. The molecular formula is C30H26N2O4. The van der Waals surface area contributed by atoms with Crippen molar-refractivity contribution >= 4 is 33.9 Å². The van der Waals surface area contributed by atoms with Gasteiger partial charge in [-0.15, -0.1) is 0 Å². The highest BCUT2D eigenvalue weighted by Crippen LogP contribution is 2.43. The van der Waals surface area contributed by atoms with E-state index >= 15 is 0 Å². The Balaban J connectivity index is 1.70. The van der Waals surface area contributed by atoms with Crippen molar-refractivity contribution in [3.8, 4) is 5.75 Å². The van der Waals surface area contributed by atoms with E-state index in [4.69, 9.17) is 4.74 Å². The zero-order valence-electron chi connectivity index (χ0n) is 20.1. The van der Waals surface area contributed by atoms with Crippen molar-refractivity contribution in [2.75, 3.05) is 11.5 Å². The Morgan fingerprint density at radius 3 is 2.53 bits per heavy atom. The van der Waals surface area contributed by atoms with E-state index in [1.54, 1.807) is 42.6 Å². The van der Waals surface area contributed by atoms with Crippen LogP contribution in [0.3, 0.4) is 0 Å². The van der Waals surface area contributed by atoms with Crippen molar-refractivity contribution in [2.45, 2.75) is 26.3 Å². The molecule has 0 saturated carbocycles. The lowest BCUT2D eigenvalue weighted by Gasteiger charge is -2.26. The third kappa shape index (κ3) is 4.01. The van der Waals surface area contributed by atoms with Gasteiger partial charge in [0.15, 0.2) is 0 Å². The SMILES string of the molecule is CCCOc1ccc(/C(O)=C2\C(=O)C(=O)N(c3cccc4ccccc34)C2c2ccccn2)cc1C. The summed E-state index contributed by atoms with van der Waals surface area (Å²) in [6, 6.07) is 23.0. The number of pyridine rings is 1. The summed E-state index contributed by atoms with van der Waals surface area (Å²) in [5.74, 6) is -0.981. The van der Waals surface area contributed by atoms with E-state index in [-0.39, 0.29) is 11.3 Å². The normalized spacial score (nSPS) is 17.1. The molecule has 1 N–H and O–H groups in total. The summed E-state index contributed by atoms with van der Waals surface area (Å²) in [5, 5.41) is 13.2. The topological polar surface area (TPSA) is 79.7 Å². The van der Waals surface area contributed by atoms with Gasteiger partial charge in [0.1, 0.15) is 17.6 Å². The van der Waals surface area contributed by atoms with Gasteiger partial charge in [-0.1, -0.05) is 49.4 Å².